The van der Waals surface area contributed by atoms with Crippen LogP contribution in [0.1, 0.15) is 18.0 Å². The van der Waals surface area contributed by atoms with E-state index in [1.807, 2.05) is 0 Å². The first-order valence-corrected chi connectivity index (χ1v) is 4.78. The van der Waals surface area contributed by atoms with Crippen LogP contribution < -0.4 is 15.2 Å². The van der Waals surface area contributed by atoms with Gasteiger partial charge in [-0.25, -0.2) is 0 Å². The number of hydrogen-bond donors (Lipinski definition) is 2. The highest BCUT2D eigenvalue weighted by Gasteiger charge is 2.19. The molecule has 0 radical (unpaired) electrons. The number of rotatable bonds is 5. The SMILES string of the molecule is COc1cccc(OC)c1C(N)CC(=O)O. The molecule has 5 heteroatoms. The molecule has 0 spiro atoms. The third-order valence-electron chi connectivity index (χ3n) is 2.23. The Labute approximate surface area is 93.8 Å². The van der Waals surface area contributed by atoms with Crippen LogP contribution in [-0.4, -0.2) is 25.3 Å². The Bertz CT molecular complexity index is 356. The van der Waals surface area contributed by atoms with Gasteiger partial charge < -0.3 is 20.3 Å². The Morgan fingerprint density at radius 2 is 1.88 bits per heavy atom. The molecule has 0 bridgehead atoms. The number of ether oxygens (including phenoxy) is 2. The van der Waals surface area contributed by atoms with Crippen LogP contribution in [0, 0.1) is 0 Å². The fraction of sp³-hybridized carbons (Fsp3) is 0.364. The zero-order valence-electron chi connectivity index (χ0n) is 9.27. The van der Waals surface area contributed by atoms with E-state index in [2.05, 4.69) is 0 Å². The molecule has 1 unspecified atom stereocenters. The van der Waals surface area contributed by atoms with Gasteiger partial charge in [-0.3, -0.25) is 4.79 Å². The number of carboxylic acid groups (broad SMARTS) is 1. The summed E-state index contributed by atoms with van der Waals surface area (Å²) in [7, 11) is 3.01. The van der Waals surface area contributed by atoms with Gasteiger partial charge in [0.1, 0.15) is 11.5 Å². The van der Waals surface area contributed by atoms with Crippen molar-refractivity contribution in [3.63, 3.8) is 0 Å². The summed E-state index contributed by atoms with van der Waals surface area (Å²) < 4.78 is 10.3. The van der Waals surface area contributed by atoms with E-state index in [1.54, 1.807) is 18.2 Å². The van der Waals surface area contributed by atoms with Gasteiger partial charge in [-0.05, 0) is 12.1 Å². The third kappa shape index (κ3) is 2.64. The van der Waals surface area contributed by atoms with Crippen LogP contribution in [0.25, 0.3) is 0 Å². The van der Waals surface area contributed by atoms with Crippen LogP contribution in [0.5, 0.6) is 11.5 Å². The number of carbonyl (C=O) groups is 1. The lowest BCUT2D eigenvalue weighted by atomic mass is 10.0. The number of carboxylic acids is 1. The second-order valence-corrected chi connectivity index (χ2v) is 3.28. The molecule has 1 rings (SSSR count). The van der Waals surface area contributed by atoms with Gasteiger partial charge in [-0.15, -0.1) is 0 Å². The topological polar surface area (TPSA) is 81.8 Å². The van der Waals surface area contributed by atoms with E-state index >= 15 is 0 Å². The largest absolute Gasteiger partial charge is 0.496 e. The number of aliphatic carboxylic acids is 1. The maximum atomic E-state index is 10.6. The Morgan fingerprint density at radius 3 is 2.25 bits per heavy atom. The smallest absolute Gasteiger partial charge is 0.305 e. The van der Waals surface area contributed by atoms with Crippen LogP contribution in [-0.2, 0) is 4.79 Å². The molecular formula is C11H15NO4. The molecule has 0 fully saturated rings. The molecule has 0 saturated carbocycles. The van der Waals surface area contributed by atoms with Gasteiger partial charge in [0.15, 0.2) is 0 Å². The monoisotopic (exact) mass is 225 g/mol. The molecule has 1 aromatic rings. The second-order valence-electron chi connectivity index (χ2n) is 3.28. The zero-order chi connectivity index (χ0) is 12.1. The summed E-state index contributed by atoms with van der Waals surface area (Å²) in [5.41, 5.74) is 6.39. The molecule has 3 N–H and O–H groups in total. The zero-order valence-corrected chi connectivity index (χ0v) is 9.27. The Hall–Kier alpha value is -1.75. The lowest BCUT2D eigenvalue weighted by Crippen LogP contribution is -2.16. The lowest BCUT2D eigenvalue weighted by molar-refractivity contribution is -0.137. The molecule has 1 atom stereocenters. The van der Waals surface area contributed by atoms with E-state index in [0.717, 1.165) is 0 Å². The molecule has 88 valence electrons. The van der Waals surface area contributed by atoms with Gasteiger partial charge >= 0.3 is 5.97 Å². The molecule has 0 aliphatic rings. The minimum Gasteiger partial charge on any atom is -0.496 e. The van der Waals surface area contributed by atoms with Gasteiger partial charge in [0.25, 0.3) is 0 Å². The Morgan fingerprint density at radius 1 is 1.38 bits per heavy atom. The van der Waals surface area contributed by atoms with Gasteiger partial charge in [-0.1, -0.05) is 6.07 Å². The molecule has 0 heterocycles. The summed E-state index contributed by atoms with van der Waals surface area (Å²) in [4.78, 5) is 10.6. The molecule has 5 nitrogen and oxygen atoms in total. The van der Waals surface area contributed by atoms with E-state index in [-0.39, 0.29) is 6.42 Å². The van der Waals surface area contributed by atoms with E-state index in [9.17, 15) is 4.79 Å². The fourth-order valence-corrected chi connectivity index (χ4v) is 1.54. The molecule has 0 aliphatic heterocycles. The highest BCUT2D eigenvalue weighted by Crippen LogP contribution is 2.34. The van der Waals surface area contributed by atoms with Crippen LogP contribution >= 0.6 is 0 Å². The fourth-order valence-electron chi connectivity index (χ4n) is 1.54. The Kier molecular flexibility index (Phi) is 4.13. The molecule has 0 saturated heterocycles. The number of hydrogen-bond acceptors (Lipinski definition) is 4. The molecule has 0 aromatic heterocycles. The average Bonchev–Trinajstić information content (AvgIpc) is 2.26. The van der Waals surface area contributed by atoms with Crippen LogP contribution in [0.2, 0.25) is 0 Å². The second kappa shape index (κ2) is 5.37. The highest BCUT2D eigenvalue weighted by molar-refractivity contribution is 5.68. The van der Waals surface area contributed by atoms with Gasteiger partial charge in [0.05, 0.1) is 26.2 Å². The van der Waals surface area contributed by atoms with Crippen molar-refractivity contribution in [2.45, 2.75) is 12.5 Å². The van der Waals surface area contributed by atoms with Crippen LogP contribution in [0.15, 0.2) is 18.2 Å². The van der Waals surface area contributed by atoms with E-state index in [1.165, 1.54) is 14.2 Å². The maximum absolute atomic E-state index is 10.6. The summed E-state index contributed by atoms with van der Waals surface area (Å²) >= 11 is 0. The summed E-state index contributed by atoms with van der Waals surface area (Å²) in [6, 6.07) is 4.55. The van der Waals surface area contributed by atoms with Crippen molar-refractivity contribution in [1.29, 1.82) is 0 Å². The highest BCUT2D eigenvalue weighted by atomic mass is 16.5. The molecule has 0 amide bonds. The van der Waals surface area contributed by atoms with Gasteiger partial charge in [-0.2, -0.15) is 0 Å². The van der Waals surface area contributed by atoms with Crippen molar-refractivity contribution in [3.05, 3.63) is 23.8 Å². The minimum absolute atomic E-state index is 0.170. The van der Waals surface area contributed by atoms with Crippen molar-refractivity contribution in [1.82, 2.24) is 0 Å². The predicted octanol–water partition coefficient (Wildman–Crippen LogP) is 1.18. The normalized spacial score (nSPS) is 11.9. The van der Waals surface area contributed by atoms with Crippen molar-refractivity contribution < 1.29 is 19.4 Å². The summed E-state index contributed by atoms with van der Waals surface area (Å²) in [5.74, 6) is 0.113. The summed E-state index contributed by atoms with van der Waals surface area (Å²) in [6.45, 7) is 0. The first-order valence-electron chi connectivity index (χ1n) is 4.78. The van der Waals surface area contributed by atoms with Gasteiger partial charge in [0, 0.05) is 6.04 Å². The predicted molar refractivity (Wildman–Crippen MR) is 58.7 cm³/mol. The number of methoxy groups -OCH3 is 2. The van der Waals surface area contributed by atoms with Crippen LogP contribution in [0.3, 0.4) is 0 Å². The third-order valence-corrected chi connectivity index (χ3v) is 2.23. The molecule has 0 aliphatic carbocycles. The summed E-state index contributed by atoms with van der Waals surface area (Å²) in [6.07, 6.45) is -0.170. The van der Waals surface area contributed by atoms with Crippen LogP contribution in [0.4, 0.5) is 0 Å². The quantitative estimate of drug-likeness (QED) is 0.786. The van der Waals surface area contributed by atoms with E-state index in [0.29, 0.717) is 17.1 Å². The standard InChI is InChI=1S/C11H15NO4/c1-15-8-4-3-5-9(16-2)11(8)7(12)6-10(13)14/h3-5,7H,6,12H2,1-2H3,(H,13,14). The van der Waals surface area contributed by atoms with E-state index < -0.39 is 12.0 Å². The molecule has 1 aromatic carbocycles. The first kappa shape index (κ1) is 12.3. The average molecular weight is 225 g/mol. The Balaban J connectivity index is 3.12. The lowest BCUT2D eigenvalue weighted by Gasteiger charge is -2.17. The van der Waals surface area contributed by atoms with Crippen molar-refractivity contribution in [2.75, 3.05) is 14.2 Å². The first-order chi connectivity index (χ1) is 7.60. The van der Waals surface area contributed by atoms with E-state index in [4.69, 9.17) is 20.3 Å². The van der Waals surface area contributed by atoms with Crippen molar-refractivity contribution in [2.24, 2.45) is 5.73 Å². The van der Waals surface area contributed by atoms with Crippen molar-refractivity contribution >= 4 is 5.97 Å². The number of benzene rings is 1. The minimum atomic E-state index is -0.958. The summed E-state index contributed by atoms with van der Waals surface area (Å²) in [5, 5.41) is 8.71. The molecule has 16 heavy (non-hydrogen) atoms. The maximum Gasteiger partial charge on any atom is 0.305 e. The number of nitrogens with two attached hydrogens (primary N) is 1. The van der Waals surface area contributed by atoms with Gasteiger partial charge in [0.2, 0.25) is 0 Å². The molecular weight excluding hydrogens is 210 g/mol. The van der Waals surface area contributed by atoms with Crippen molar-refractivity contribution in [3.8, 4) is 11.5 Å².